The van der Waals surface area contributed by atoms with E-state index in [0.717, 1.165) is 63.4 Å². The Balaban J connectivity index is 1.43. The Bertz CT molecular complexity index is 1510. The molecule has 1 saturated heterocycles. The Morgan fingerprint density at radius 3 is 2.62 bits per heavy atom. The van der Waals surface area contributed by atoms with Crippen LogP contribution >= 0.6 is 0 Å². The highest BCUT2D eigenvalue weighted by Gasteiger charge is 2.17. The quantitative estimate of drug-likeness (QED) is 0.442. The van der Waals surface area contributed by atoms with Crippen molar-refractivity contribution in [1.82, 2.24) is 29.5 Å². The molecule has 1 fully saturated rings. The van der Waals surface area contributed by atoms with Crippen molar-refractivity contribution in [2.45, 2.75) is 6.92 Å². The van der Waals surface area contributed by atoms with Crippen LogP contribution in [0.2, 0.25) is 0 Å². The Morgan fingerprint density at radius 1 is 0.912 bits per heavy atom. The third kappa shape index (κ3) is 3.63. The fourth-order valence-electron chi connectivity index (χ4n) is 4.52. The molecule has 172 valence electrons. The Morgan fingerprint density at radius 2 is 1.76 bits per heavy atom. The number of hydrogen-bond acceptors (Lipinski definition) is 7. The number of aryl methyl sites for hydroxylation is 3. The van der Waals surface area contributed by atoms with Crippen LogP contribution in [-0.4, -0.2) is 55.8 Å². The molecule has 0 spiro atoms. The zero-order chi connectivity index (χ0) is 23.2. The molecule has 4 heterocycles. The van der Waals surface area contributed by atoms with Crippen molar-refractivity contribution in [3.05, 3.63) is 54.4 Å². The fourth-order valence-corrected chi connectivity index (χ4v) is 4.52. The SMILES string of the molecule is Cc1nn(C)c2cc(-c3cc(Nc4ccc5cnn(C)c5c4)nc(N4CCOCC4)n3)ccc12. The molecule has 0 amide bonds. The Labute approximate surface area is 197 Å². The zero-order valence-corrected chi connectivity index (χ0v) is 19.5. The van der Waals surface area contributed by atoms with Gasteiger partial charge in [-0.05, 0) is 31.2 Å². The van der Waals surface area contributed by atoms with Gasteiger partial charge in [-0.3, -0.25) is 9.36 Å². The van der Waals surface area contributed by atoms with Gasteiger partial charge in [0, 0.05) is 55.3 Å². The maximum Gasteiger partial charge on any atom is 0.228 e. The normalized spacial score (nSPS) is 14.3. The molecular formula is C25H26N8O. The van der Waals surface area contributed by atoms with Crippen molar-refractivity contribution in [3.63, 3.8) is 0 Å². The number of benzene rings is 2. The summed E-state index contributed by atoms with van der Waals surface area (Å²) >= 11 is 0. The molecule has 0 unspecified atom stereocenters. The van der Waals surface area contributed by atoms with Crippen LogP contribution in [-0.2, 0) is 18.8 Å². The van der Waals surface area contributed by atoms with E-state index in [0.29, 0.717) is 19.2 Å². The van der Waals surface area contributed by atoms with Gasteiger partial charge in [-0.25, -0.2) is 4.98 Å². The van der Waals surface area contributed by atoms with Crippen LogP contribution in [0.25, 0.3) is 33.1 Å². The molecule has 0 aliphatic carbocycles. The van der Waals surface area contributed by atoms with Crippen molar-refractivity contribution in [2.75, 3.05) is 36.5 Å². The number of nitrogens with one attached hydrogen (secondary N) is 1. The van der Waals surface area contributed by atoms with Gasteiger partial charge < -0.3 is 15.0 Å². The molecule has 1 aliphatic heterocycles. The van der Waals surface area contributed by atoms with Gasteiger partial charge in [0.25, 0.3) is 0 Å². The van der Waals surface area contributed by atoms with E-state index in [2.05, 4.69) is 50.7 Å². The summed E-state index contributed by atoms with van der Waals surface area (Å²) in [5, 5.41) is 14.6. The highest BCUT2D eigenvalue weighted by Crippen LogP contribution is 2.29. The second-order valence-corrected chi connectivity index (χ2v) is 8.65. The lowest BCUT2D eigenvalue weighted by molar-refractivity contribution is 0.122. The van der Waals surface area contributed by atoms with Crippen molar-refractivity contribution >= 4 is 39.3 Å². The molecule has 9 heteroatoms. The van der Waals surface area contributed by atoms with E-state index in [-0.39, 0.29) is 0 Å². The van der Waals surface area contributed by atoms with Gasteiger partial charge in [0.15, 0.2) is 0 Å². The average molecular weight is 455 g/mol. The molecule has 3 aromatic heterocycles. The van der Waals surface area contributed by atoms with Crippen LogP contribution < -0.4 is 10.2 Å². The minimum absolute atomic E-state index is 0.674. The molecule has 9 nitrogen and oxygen atoms in total. The molecule has 0 radical (unpaired) electrons. The first-order valence-electron chi connectivity index (χ1n) is 11.4. The van der Waals surface area contributed by atoms with Crippen LogP contribution in [0.4, 0.5) is 17.5 Å². The van der Waals surface area contributed by atoms with Crippen LogP contribution in [0, 0.1) is 6.92 Å². The number of fused-ring (bicyclic) bond motifs is 2. The summed E-state index contributed by atoms with van der Waals surface area (Å²) in [6, 6.07) is 14.6. The van der Waals surface area contributed by atoms with Gasteiger partial charge in [0.1, 0.15) is 5.82 Å². The molecule has 1 aliphatic rings. The summed E-state index contributed by atoms with van der Waals surface area (Å²) in [6.45, 7) is 4.92. The van der Waals surface area contributed by atoms with Gasteiger partial charge >= 0.3 is 0 Å². The van der Waals surface area contributed by atoms with Crippen LogP contribution in [0.5, 0.6) is 0 Å². The maximum atomic E-state index is 5.54. The lowest BCUT2D eigenvalue weighted by Gasteiger charge is -2.27. The monoisotopic (exact) mass is 454 g/mol. The fraction of sp³-hybridized carbons (Fsp3) is 0.280. The smallest absolute Gasteiger partial charge is 0.228 e. The molecule has 34 heavy (non-hydrogen) atoms. The molecule has 0 saturated carbocycles. The second kappa shape index (κ2) is 8.11. The van der Waals surface area contributed by atoms with Gasteiger partial charge in [0.05, 0.1) is 41.8 Å². The summed E-state index contributed by atoms with van der Waals surface area (Å²) in [5.74, 6) is 1.44. The first-order valence-corrected chi connectivity index (χ1v) is 11.4. The van der Waals surface area contributed by atoms with E-state index in [4.69, 9.17) is 14.7 Å². The predicted molar refractivity (Wildman–Crippen MR) is 134 cm³/mol. The topological polar surface area (TPSA) is 85.9 Å². The lowest BCUT2D eigenvalue weighted by Crippen LogP contribution is -2.37. The molecule has 6 rings (SSSR count). The lowest BCUT2D eigenvalue weighted by atomic mass is 10.1. The highest BCUT2D eigenvalue weighted by atomic mass is 16.5. The summed E-state index contributed by atoms with van der Waals surface area (Å²) < 4.78 is 9.33. The van der Waals surface area contributed by atoms with E-state index in [1.165, 1.54) is 0 Å². The number of anilines is 3. The number of aromatic nitrogens is 6. The summed E-state index contributed by atoms with van der Waals surface area (Å²) in [6.07, 6.45) is 1.87. The molecule has 5 aromatic rings. The molecule has 0 atom stereocenters. The predicted octanol–water partition coefficient (Wildman–Crippen LogP) is 3.81. The third-order valence-electron chi connectivity index (χ3n) is 6.36. The number of hydrogen-bond donors (Lipinski definition) is 1. The first kappa shape index (κ1) is 20.6. The van der Waals surface area contributed by atoms with Crippen molar-refractivity contribution in [1.29, 1.82) is 0 Å². The van der Waals surface area contributed by atoms with E-state index < -0.39 is 0 Å². The Hall–Kier alpha value is -3.98. The van der Waals surface area contributed by atoms with E-state index in [9.17, 15) is 0 Å². The highest BCUT2D eigenvalue weighted by molar-refractivity contribution is 5.87. The number of rotatable bonds is 4. The van der Waals surface area contributed by atoms with Gasteiger partial charge in [-0.2, -0.15) is 15.2 Å². The second-order valence-electron chi connectivity index (χ2n) is 8.65. The molecule has 0 bridgehead atoms. The molecule has 1 N–H and O–H groups in total. The summed E-state index contributed by atoms with van der Waals surface area (Å²) in [5.41, 5.74) is 6.00. The molecule has 2 aromatic carbocycles. The van der Waals surface area contributed by atoms with E-state index in [1.54, 1.807) is 0 Å². The molecular weight excluding hydrogens is 428 g/mol. The van der Waals surface area contributed by atoms with Crippen LogP contribution in [0.15, 0.2) is 48.7 Å². The average Bonchev–Trinajstić information content (AvgIpc) is 3.37. The third-order valence-corrected chi connectivity index (χ3v) is 6.36. The number of nitrogens with zero attached hydrogens (tertiary/aromatic N) is 7. The minimum atomic E-state index is 0.674. The summed E-state index contributed by atoms with van der Waals surface area (Å²) in [7, 11) is 3.92. The zero-order valence-electron chi connectivity index (χ0n) is 19.5. The Kier molecular flexibility index (Phi) is 4.91. The van der Waals surface area contributed by atoms with Gasteiger partial charge in [0.2, 0.25) is 5.95 Å². The van der Waals surface area contributed by atoms with Crippen LogP contribution in [0.3, 0.4) is 0 Å². The van der Waals surface area contributed by atoms with E-state index in [1.807, 2.05) is 48.7 Å². The van der Waals surface area contributed by atoms with Crippen molar-refractivity contribution in [3.8, 4) is 11.3 Å². The standard InChI is InChI=1S/C25H26N8O/c1-16-20-7-5-17(12-23(20)32(3)30-16)21-14-24(29-25(28-21)33-8-10-34-11-9-33)27-19-6-4-18-15-26-31(2)22(18)13-19/h4-7,12-15H,8-11H2,1-3H3,(H,27,28,29). The maximum absolute atomic E-state index is 5.54. The van der Waals surface area contributed by atoms with Gasteiger partial charge in [-0.15, -0.1) is 0 Å². The minimum Gasteiger partial charge on any atom is -0.378 e. The van der Waals surface area contributed by atoms with Crippen molar-refractivity contribution < 1.29 is 4.74 Å². The summed E-state index contributed by atoms with van der Waals surface area (Å²) in [4.78, 5) is 12.0. The van der Waals surface area contributed by atoms with Crippen molar-refractivity contribution in [2.24, 2.45) is 14.1 Å². The van der Waals surface area contributed by atoms with Gasteiger partial charge in [-0.1, -0.05) is 12.1 Å². The number of morpholine rings is 1. The van der Waals surface area contributed by atoms with E-state index >= 15 is 0 Å². The first-order chi connectivity index (χ1) is 16.5. The largest absolute Gasteiger partial charge is 0.378 e. The van der Waals surface area contributed by atoms with Crippen LogP contribution in [0.1, 0.15) is 5.69 Å². The number of ether oxygens (including phenoxy) is 1.